The number of aromatic nitrogens is 1. The molecule has 1 aromatic rings. The van der Waals surface area contributed by atoms with Crippen molar-refractivity contribution in [2.75, 3.05) is 0 Å². The fourth-order valence-corrected chi connectivity index (χ4v) is 1.43. The van der Waals surface area contributed by atoms with Gasteiger partial charge in [0.1, 0.15) is 0 Å². The van der Waals surface area contributed by atoms with E-state index in [1.807, 2.05) is 0 Å². The third-order valence-corrected chi connectivity index (χ3v) is 2.25. The maximum absolute atomic E-state index is 11.6. The van der Waals surface area contributed by atoms with Gasteiger partial charge in [-0.1, -0.05) is 0 Å². The van der Waals surface area contributed by atoms with Gasteiger partial charge in [0.25, 0.3) is 11.2 Å². The lowest BCUT2D eigenvalue weighted by molar-refractivity contribution is -0.385. The van der Waals surface area contributed by atoms with E-state index in [-0.39, 0.29) is 36.2 Å². The second-order valence-corrected chi connectivity index (χ2v) is 3.63. The SMILES string of the molecule is Cc1cc([N+](=O)[O-])cn(CCCC(=O)O)c1=O. The molecule has 1 rings (SSSR count). The number of nitrogens with zero attached hydrogens (tertiary/aromatic N) is 2. The minimum absolute atomic E-state index is 0.0752. The zero-order valence-electron chi connectivity index (χ0n) is 9.25. The predicted octanol–water partition coefficient (Wildman–Crippen LogP) is 0.930. The molecule has 0 spiro atoms. The molecule has 0 atom stereocenters. The summed E-state index contributed by atoms with van der Waals surface area (Å²) in [5.41, 5.74) is -0.229. The summed E-state index contributed by atoms with van der Waals surface area (Å²) < 4.78 is 1.18. The lowest BCUT2D eigenvalue weighted by Crippen LogP contribution is -2.22. The van der Waals surface area contributed by atoms with Crippen LogP contribution in [0.1, 0.15) is 18.4 Å². The van der Waals surface area contributed by atoms with Crippen LogP contribution in [0.3, 0.4) is 0 Å². The average Bonchev–Trinajstić information content (AvgIpc) is 2.23. The molecule has 0 aliphatic heterocycles. The first-order chi connectivity index (χ1) is 7.91. The molecule has 1 N–H and O–H groups in total. The standard InChI is InChI=1S/C10H12N2O5/c1-7-5-8(12(16)17)6-11(10(7)15)4-2-3-9(13)14/h5-6H,2-4H2,1H3,(H,13,14). The molecule has 0 fully saturated rings. The number of aryl methyl sites for hydroxylation is 2. The van der Waals surface area contributed by atoms with E-state index in [4.69, 9.17) is 5.11 Å². The molecule has 0 bridgehead atoms. The van der Waals surface area contributed by atoms with Crippen molar-refractivity contribution in [2.24, 2.45) is 0 Å². The summed E-state index contributed by atoms with van der Waals surface area (Å²) in [5.74, 6) is -0.958. The second kappa shape index (κ2) is 5.24. The highest BCUT2D eigenvalue weighted by molar-refractivity contribution is 5.66. The molecule has 0 aliphatic rings. The van der Waals surface area contributed by atoms with Crippen LogP contribution in [0.2, 0.25) is 0 Å². The number of hydrogen-bond donors (Lipinski definition) is 1. The molecule has 0 saturated carbocycles. The Kier molecular flexibility index (Phi) is 3.97. The van der Waals surface area contributed by atoms with Crippen molar-refractivity contribution in [3.63, 3.8) is 0 Å². The summed E-state index contributed by atoms with van der Waals surface area (Å²) in [5, 5.41) is 19.1. The molecule has 17 heavy (non-hydrogen) atoms. The van der Waals surface area contributed by atoms with E-state index >= 15 is 0 Å². The highest BCUT2D eigenvalue weighted by Gasteiger charge is 2.11. The minimum atomic E-state index is -0.958. The van der Waals surface area contributed by atoms with Crippen LogP contribution in [0.4, 0.5) is 5.69 Å². The van der Waals surface area contributed by atoms with E-state index in [2.05, 4.69) is 0 Å². The molecule has 0 aromatic carbocycles. The summed E-state index contributed by atoms with van der Waals surface area (Å²) in [6.07, 6.45) is 1.32. The smallest absolute Gasteiger partial charge is 0.303 e. The number of carboxylic acid groups (broad SMARTS) is 1. The summed E-state index contributed by atoms with van der Waals surface area (Å²) in [4.78, 5) is 31.9. The van der Waals surface area contributed by atoms with Crippen LogP contribution in [0.5, 0.6) is 0 Å². The molecule has 0 saturated heterocycles. The Bertz CT molecular complexity index is 506. The molecule has 0 aliphatic carbocycles. The molecular formula is C10H12N2O5. The zero-order valence-corrected chi connectivity index (χ0v) is 9.25. The maximum atomic E-state index is 11.6. The van der Waals surface area contributed by atoms with E-state index < -0.39 is 10.9 Å². The Balaban J connectivity index is 2.94. The monoisotopic (exact) mass is 240 g/mol. The Morgan fingerprint density at radius 3 is 2.76 bits per heavy atom. The summed E-state index contributed by atoms with van der Waals surface area (Å²) >= 11 is 0. The second-order valence-electron chi connectivity index (χ2n) is 3.63. The molecule has 1 aromatic heterocycles. The molecule has 1 heterocycles. The Morgan fingerprint density at radius 1 is 1.59 bits per heavy atom. The first kappa shape index (κ1) is 12.9. The van der Waals surface area contributed by atoms with Gasteiger partial charge in [-0.15, -0.1) is 0 Å². The number of aliphatic carboxylic acids is 1. The van der Waals surface area contributed by atoms with Crippen LogP contribution < -0.4 is 5.56 Å². The minimum Gasteiger partial charge on any atom is -0.481 e. The summed E-state index contributed by atoms with van der Waals surface area (Å²) in [6.45, 7) is 1.65. The van der Waals surface area contributed by atoms with Crippen LogP contribution in [0.25, 0.3) is 0 Å². The van der Waals surface area contributed by atoms with Crippen LogP contribution in [-0.2, 0) is 11.3 Å². The van der Waals surface area contributed by atoms with Crippen molar-refractivity contribution in [1.29, 1.82) is 0 Å². The highest BCUT2D eigenvalue weighted by Crippen LogP contribution is 2.10. The molecule has 0 radical (unpaired) electrons. The topological polar surface area (TPSA) is 102 Å². The van der Waals surface area contributed by atoms with Crippen molar-refractivity contribution in [3.8, 4) is 0 Å². The molecule has 7 nitrogen and oxygen atoms in total. The van der Waals surface area contributed by atoms with Crippen molar-refractivity contribution >= 4 is 11.7 Å². The number of pyridine rings is 1. The lowest BCUT2D eigenvalue weighted by atomic mass is 10.2. The van der Waals surface area contributed by atoms with Crippen LogP contribution in [0, 0.1) is 17.0 Å². The largest absolute Gasteiger partial charge is 0.481 e. The molecular weight excluding hydrogens is 228 g/mol. The van der Waals surface area contributed by atoms with E-state index in [9.17, 15) is 19.7 Å². The van der Waals surface area contributed by atoms with Crippen molar-refractivity contribution < 1.29 is 14.8 Å². The summed E-state index contributed by atoms with van der Waals surface area (Å²) in [7, 11) is 0. The Labute approximate surface area is 96.5 Å². The fourth-order valence-electron chi connectivity index (χ4n) is 1.43. The van der Waals surface area contributed by atoms with Gasteiger partial charge in [0.15, 0.2) is 0 Å². The molecule has 0 unspecified atom stereocenters. The third-order valence-electron chi connectivity index (χ3n) is 2.25. The van der Waals surface area contributed by atoms with Gasteiger partial charge in [-0.2, -0.15) is 0 Å². The van der Waals surface area contributed by atoms with Crippen molar-refractivity contribution in [1.82, 2.24) is 4.57 Å². The van der Waals surface area contributed by atoms with Crippen LogP contribution in [-0.4, -0.2) is 20.6 Å². The number of carbonyl (C=O) groups is 1. The Hall–Kier alpha value is -2.18. The number of hydrogen-bond acceptors (Lipinski definition) is 4. The fraction of sp³-hybridized carbons (Fsp3) is 0.400. The first-order valence-corrected chi connectivity index (χ1v) is 4.99. The third kappa shape index (κ3) is 3.40. The van der Waals surface area contributed by atoms with Gasteiger partial charge in [-0.25, -0.2) is 0 Å². The highest BCUT2D eigenvalue weighted by atomic mass is 16.6. The van der Waals surface area contributed by atoms with Gasteiger partial charge < -0.3 is 9.67 Å². The van der Waals surface area contributed by atoms with E-state index in [1.54, 1.807) is 0 Å². The number of nitro groups is 1. The predicted molar refractivity (Wildman–Crippen MR) is 59.0 cm³/mol. The van der Waals surface area contributed by atoms with E-state index in [0.717, 1.165) is 6.20 Å². The Morgan fingerprint density at radius 2 is 2.24 bits per heavy atom. The lowest BCUT2D eigenvalue weighted by Gasteiger charge is -2.05. The van der Waals surface area contributed by atoms with Crippen LogP contribution in [0.15, 0.2) is 17.1 Å². The van der Waals surface area contributed by atoms with E-state index in [1.165, 1.54) is 17.6 Å². The quantitative estimate of drug-likeness (QED) is 0.609. The van der Waals surface area contributed by atoms with Gasteiger partial charge >= 0.3 is 5.97 Å². The molecule has 7 heteroatoms. The van der Waals surface area contributed by atoms with Gasteiger partial charge in [-0.05, 0) is 13.3 Å². The van der Waals surface area contributed by atoms with E-state index in [0.29, 0.717) is 0 Å². The van der Waals surface area contributed by atoms with Crippen LogP contribution >= 0.6 is 0 Å². The van der Waals surface area contributed by atoms with Gasteiger partial charge in [-0.3, -0.25) is 19.7 Å². The maximum Gasteiger partial charge on any atom is 0.303 e. The van der Waals surface area contributed by atoms with Gasteiger partial charge in [0.05, 0.1) is 11.1 Å². The average molecular weight is 240 g/mol. The van der Waals surface area contributed by atoms with Gasteiger partial charge in [0, 0.05) is 24.6 Å². The summed E-state index contributed by atoms with van der Waals surface area (Å²) in [6, 6.07) is 1.20. The zero-order chi connectivity index (χ0) is 13.0. The molecule has 92 valence electrons. The number of rotatable bonds is 5. The van der Waals surface area contributed by atoms with Crippen molar-refractivity contribution in [2.45, 2.75) is 26.3 Å². The van der Waals surface area contributed by atoms with Crippen molar-refractivity contribution in [3.05, 3.63) is 38.3 Å². The number of carboxylic acids is 1. The van der Waals surface area contributed by atoms with Gasteiger partial charge in [0.2, 0.25) is 0 Å². The first-order valence-electron chi connectivity index (χ1n) is 4.99. The normalized spacial score (nSPS) is 10.2. The molecule has 0 amide bonds.